The smallest absolute Gasteiger partial charge is 0.298 e. The van der Waals surface area contributed by atoms with Crippen molar-refractivity contribution < 1.29 is 14.4 Å². The first kappa shape index (κ1) is 23.0. The van der Waals surface area contributed by atoms with Crippen LogP contribution < -0.4 is 20.4 Å². The molecule has 0 saturated heterocycles. The van der Waals surface area contributed by atoms with Gasteiger partial charge in [-0.05, 0) is 36.7 Å². The van der Waals surface area contributed by atoms with E-state index in [1.807, 2.05) is 0 Å². The average molecular weight is 443 g/mol. The van der Waals surface area contributed by atoms with E-state index in [0.29, 0.717) is 21.4 Å². The van der Waals surface area contributed by atoms with E-state index in [1.165, 1.54) is 46.3 Å². The number of nitrogens with one attached hydrogen (secondary N) is 2. The van der Waals surface area contributed by atoms with Crippen molar-refractivity contribution in [2.75, 3.05) is 33.5 Å². The maximum Gasteiger partial charge on any atom is 0.325 e. The summed E-state index contributed by atoms with van der Waals surface area (Å²) >= 11 is 2.61. The second-order valence-corrected chi connectivity index (χ2v) is 7.75. The van der Waals surface area contributed by atoms with Crippen LogP contribution in [0.1, 0.15) is 27.7 Å². The number of urea groups is 1. The minimum atomic E-state index is -0.474. The molecule has 2 aromatic rings. The second kappa shape index (κ2) is 11.1. The third-order valence-corrected chi connectivity index (χ3v) is 5.55. The SMILES string of the molecule is CC#CCN(C(C)=O)c1ccsc1NC(=O)Nc1sccc1N(CC#CC)C(C)=O. The quantitative estimate of drug-likeness (QED) is 0.658. The lowest BCUT2D eigenvalue weighted by molar-refractivity contribution is -0.117. The molecule has 156 valence electrons. The maximum absolute atomic E-state index is 12.6. The first-order valence-corrected chi connectivity index (χ1v) is 10.7. The fourth-order valence-corrected chi connectivity index (χ4v) is 4.07. The van der Waals surface area contributed by atoms with E-state index in [0.717, 1.165) is 0 Å². The van der Waals surface area contributed by atoms with Crippen LogP contribution in [0.4, 0.5) is 26.2 Å². The van der Waals surface area contributed by atoms with Crippen LogP contribution in [-0.4, -0.2) is 30.9 Å². The molecule has 0 aliphatic rings. The molecule has 0 spiro atoms. The van der Waals surface area contributed by atoms with Gasteiger partial charge in [-0.1, -0.05) is 11.8 Å². The molecule has 0 aliphatic heterocycles. The Labute approximate surface area is 184 Å². The van der Waals surface area contributed by atoms with Crippen LogP contribution in [0.5, 0.6) is 0 Å². The Bertz CT molecular complexity index is 967. The molecule has 2 rings (SSSR count). The Kier molecular flexibility index (Phi) is 8.48. The molecule has 0 atom stereocenters. The number of hydrogen-bond donors (Lipinski definition) is 2. The van der Waals surface area contributed by atoms with E-state index in [-0.39, 0.29) is 24.9 Å². The molecule has 0 saturated carbocycles. The predicted molar refractivity (Wildman–Crippen MR) is 124 cm³/mol. The summed E-state index contributed by atoms with van der Waals surface area (Å²) in [5.41, 5.74) is 1.17. The van der Waals surface area contributed by atoms with E-state index >= 15 is 0 Å². The van der Waals surface area contributed by atoms with Gasteiger partial charge >= 0.3 is 6.03 Å². The Hall–Kier alpha value is -3.27. The van der Waals surface area contributed by atoms with Crippen LogP contribution in [0.25, 0.3) is 0 Å². The Balaban J connectivity index is 2.18. The fraction of sp³-hybridized carbons (Fsp3) is 0.286. The normalized spacial score (nSPS) is 9.47. The number of carbonyl (C=O) groups excluding carboxylic acids is 3. The lowest BCUT2D eigenvalue weighted by atomic mass is 10.3. The Morgan fingerprint density at radius 3 is 1.57 bits per heavy atom. The van der Waals surface area contributed by atoms with Gasteiger partial charge in [-0.25, -0.2) is 4.79 Å². The van der Waals surface area contributed by atoms with Gasteiger partial charge in [0.15, 0.2) is 0 Å². The van der Waals surface area contributed by atoms with Crippen molar-refractivity contribution in [1.82, 2.24) is 0 Å². The van der Waals surface area contributed by atoms with Crippen molar-refractivity contribution in [1.29, 1.82) is 0 Å². The number of nitrogens with zero attached hydrogens (tertiary/aromatic N) is 2. The minimum absolute atomic E-state index is 0.172. The zero-order valence-corrected chi connectivity index (χ0v) is 18.8. The van der Waals surface area contributed by atoms with E-state index < -0.39 is 6.03 Å². The minimum Gasteiger partial charge on any atom is -0.298 e. The largest absolute Gasteiger partial charge is 0.325 e. The monoisotopic (exact) mass is 442 g/mol. The summed E-state index contributed by atoms with van der Waals surface area (Å²) in [4.78, 5) is 39.6. The fourth-order valence-electron chi connectivity index (χ4n) is 2.50. The number of hydrogen-bond acceptors (Lipinski definition) is 5. The van der Waals surface area contributed by atoms with Crippen LogP contribution in [0.3, 0.4) is 0 Å². The lowest BCUT2D eigenvalue weighted by Gasteiger charge is -2.20. The first-order chi connectivity index (χ1) is 14.4. The molecule has 0 radical (unpaired) electrons. The topological polar surface area (TPSA) is 81.8 Å². The molecule has 4 amide bonds. The third-order valence-electron chi connectivity index (χ3n) is 3.91. The zero-order chi connectivity index (χ0) is 22.1. The van der Waals surface area contributed by atoms with E-state index in [4.69, 9.17) is 0 Å². The second-order valence-electron chi connectivity index (χ2n) is 5.91. The zero-order valence-electron chi connectivity index (χ0n) is 17.2. The Morgan fingerprint density at radius 2 is 1.23 bits per heavy atom. The highest BCUT2D eigenvalue weighted by molar-refractivity contribution is 7.15. The molecule has 0 aromatic carbocycles. The van der Waals surface area contributed by atoms with Crippen molar-refractivity contribution in [3.05, 3.63) is 22.9 Å². The van der Waals surface area contributed by atoms with E-state index in [1.54, 1.807) is 36.7 Å². The summed E-state index contributed by atoms with van der Waals surface area (Å²) in [6, 6.07) is 3.05. The van der Waals surface area contributed by atoms with Gasteiger partial charge < -0.3 is 0 Å². The van der Waals surface area contributed by atoms with Crippen LogP contribution in [0.2, 0.25) is 0 Å². The van der Waals surface area contributed by atoms with Crippen molar-refractivity contribution in [3.63, 3.8) is 0 Å². The maximum atomic E-state index is 12.6. The summed E-state index contributed by atoms with van der Waals surface area (Å²) in [5, 5.41) is 10.2. The van der Waals surface area contributed by atoms with E-state index in [2.05, 4.69) is 34.3 Å². The van der Waals surface area contributed by atoms with Gasteiger partial charge in [0.05, 0.1) is 24.5 Å². The van der Waals surface area contributed by atoms with Crippen LogP contribution in [0.15, 0.2) is 22.9 Å². The molecule has 7 nitrogen and oxygen atoms in total. The van der Waals surface area contributed by atoms with Gasteiger partial charge in [0.2, 0.25) is 11.8 Å². The number of thiophene rings is 2. The lowest BCUT2D eigenvalue weighted by Crippen LogP contribution is -2.30. The van der Waals surface area contributed by atoms with Crippen LogP contribution in [0, 0.1) is 23.7 Å². The van der Waals surface area contributed by atoms with Crippen LogP contribution in [-0.2, 0) is 9.59 Å². The average Bonchev–Trinajstić information content (AvgIpc) is 3.32. The van der Waals surface area contributed by atoms with E-state index in [9.17, 15) is 14.4 Å². The van der Waals surface area contributed by atoms with Crippen molar-refractivity contribution >= 4 is 61.9 Å². The molecular weight excluding hydrogens is 420 g/mol. The molecule has 2 N–H and O–H groups in total. The number of anilines is 4. The third kappa shape index (κ3) is 5.86. The number of carbonyl (C=O) groups is 3. The van der Waals surface area contributed by atoms with Crippen molar-refractivity contribution in [2.45, 2.75) is 27.7 Å². The molecule has 30 heavy (non-hydrogen) atoms. The molecule has 0 aliphatic carbocycles. The molecule has 9 heteroatoms. The van der Waals surface area contributed by atoms with Gasteiger partial charge in [0.1, 0.15) is 10.0 Å². The summed E-state index contributed by atoms with van der Waals surface area (Å²) in [7, 11) is 0. The summed E-state index contributed by atoms with van der Waals surface area (Å²) in [6.07, 6.45) is 0. The van der Waals surface area contributed by atoms with Gasteiger partial charge in [0, 0.05) is 13.8 Å². The summed E-state index contributed by atoms with van der Waals surface area (Å²) in [6.45, 7) is 6.78. The standard InChI is InChI=1S/C21H22N4O3S2/c1-5-7-11-24(15(3)26)17-9-13-29-19(17)22-21(28)23-20-18(10-14-30-20)25(16(4)27)12-8-6-2/h9-10,13-14H,11-12H2,1-4H3,(H2,22,23,28). The highest BCUT2D eigenvalue weighted by atomic mass is 32.1. The molecule has 0 fully saturated rings. The van der Waals surface area contributed by atoms with Gasteiger partial charge in [-0.3, -0.25) is 30.0 Å². The van der Waals surface area contributed by atoms with Gasteiger partial charge in [0.25, 0.3) is 0 Å². The first-order valence-electron chi connectivity index (χ1n) is 8.97. The molecular formula is C21H22N4O3S2. The summed E-state index contributed by atoms with van der Waals surface area (Å²) < 4.78 is 0. The van der Waals surface area contributed by atoms with Crippen molar-refractivity contribution in [3.8, 4) is 23.7 Å². The highest BCUT2D eigenvalue weighted by Crippen LogP contribution is 2.34. The molecule has 0 bridgehead atoms. The molecule has 0 unspecified atom stereocenters. The highest BCUT2D eigenvalue weighted by Gasteiger charge is 2.20. The van der Waals surface area contributed by atoms with Gasteiger partial charge in [-0.2, -0.15) is 0 Å². The number of rotatable bonds is 6. The van der Waals surface area contributed by atoms with Crippen LogP contribution >= 0.6 is 22.7 Å². The van der Waals surface area contributed by atoms with Gasteiger partial charge in [-0.15, -0.1) is 34.5 Å². The van der Waals surface area contributed by atoms with Crippen molar-refractivity contribution in [2.24, 2.45) is 0 Å². The molecule has 2 heterocycles. The summed E-state index contributed by atoms with van der Waals surface area (Å²) in [5.74, 6) is 10.9. The predicted octanol–water partition coefficient (Wildman–Crippen LogP) is 4.21. The Morgan fingerprint density at radius 1 is 0.833 bits per heavy atom. The molecule has 2 aromatic heterocycles. The number of amides is 4.